The van der Waals surface area contributed by atoms with Crippen LogP contribution in [0.25, 0.3) is 0 Å². The maximum Gasteiger partial charge on any atom is 0.416 e. The average molecular weight is 603 g/mol. The topological polar surface area (TPSA) is 34.1 Å². The van der Waals surface area contributed by atoms with Crippen LogP contribution in [0, 0.1) is 5.92 Å². The van der Waals surface area contributed by atoms with Crippen molar-refractivity contribution in [3.05, 3.63) is 131 Å². The van der Waals surface area contributed by atoms with Crippen LogP contribution in [0.3, 0.4) is 0 Å². The summed E-state index contributed by atoms with van der Waals surface area (Å²) in [6, 6.07) is 19.4. The molecule has 43 heavy (non-hydrogen) atoms. The molecule has 3 aromatic rings. The van der Waals surface area contributed by atoms with E-state index in [1.165, 1.54) is 0 Å². The van der Waals surface area contributed by atoms with Crippen LogP contribution in [0.15, 0.2) is 108 Å². The number of benzene rings is 3. The normalized spacial score (nSPS) is 16.8. The van der Waals surface area contributed by atoms with Crippen LogP contribution < -0.4 is 0 Å². The minimum absolute atomic E-state index is 0.106. The number of halogens is 6. The molecule has 0 radical (unpaired) electrons. The van der Waals surface area contributed by atoms with E-state index in [-0.39, 0.29) is 23.6 Å². The Morgan fingerprint density at radius 3 is 1.98 bits per heavy atom. The molecule has 0 spiro atoms. The second-order valence-corrected chi connectivity index (χ2v) is 10.4. The number of rotatable bonds is 9. The second kappa shape index (κ2) is 13.5. The number of nitrogens with zero attached hydrogens (tertiary/aromatic N) is 2. The standard InChI is InChI=1S/C33H32F6N2O2/c1-22(2)28(21-42-3)40-31(25-13-8-5-9-14-25)41-16-10-15-29(30(41)24-11-6-4-7-12-24)43-20-23-17-26(32(34,35)36)19-27(18-23)33(37,38)39/h4-19,22,28,30H,20-21H2,1-3H3/t28-,30-/m1/s1. The Hall–Kier alpha value is -4.05. The van der Waals surface area contributed by atoms with E-state index >= 15 is 0 Å². The van der Waals surface area contributed by atoms with Crippen molar-refractivity contribution in [2.24, 2.45) is 10.9 Å². The van der Waals surface area contributed by atoms with Gasteiger partial charge in [-0.1, -0.05) is 74.5 Å². The Bertz CT molecular complexity index is 1420. The predicted molar refractivity (Wildman–Crippen MR) is 153 cm³/mol. The second-order valence-electron chi connectivity index (χ2n) is 10.4. The van der Waals surface area contributed by atoms with Gasteiger partial charge in [-0.25, -0.2) is 0 Å². The third-order valence-electron chi connectivity index (χ3n) is 6.89. The van der Waals surface area contributed by atoms with Gasteiger partial charge in [0.05, 0.1) is 23.8 Å². The van der Waals surface area contributed by atoms with Gasteiger partial charge in [-0.2, -0.15) is 26.3 Å². The minimum atomic E-state index is -4.96. The van der Waals surface area contributed by atoms with Crippen LogP contribution in [0.4, 0.5) is 26.3 Å². The van der Waals surface area contributed by atoms with Crippen LogP contribution in [0.5, 0.6) is 0 Å². The first-order valence-corrected chi connectivity index (χ1v) is 13.6. The Morgan fingerprint density at radius 1 is 0.860 bits per heavy atom. The van der Waals surface area contributed by atoms with Crippen molar-refractivity contribution >= 4 is 5.84 Å². The van der Waals surface area contributed by atoms with Crippen molar-refractivity contribution in [2.45, 2.75) is 44.9 Å². The van der Waals surface area contributed by atoms with E-state index in [2.05, 4.69) is 0 Å². The molecular weight excluding hydrogens is 570 g/mol. The van der Waals surface area contributed by atoms with E-state index in [4.69, 9.17) is 14.5 Å². The fourth-order valence-corrected chi connectivity index (χ4v) is 4.68. The van der Waals surface area contributed by atoms with Crippen molar-refractivity contribution in [1.82, 2.24) is 4.90 Å². The average Bonchev–Trinajstić information content (AvgIpc) is 2.97. The van der Waals surface area contributed by atoms with E-state index in [0.717, 1.165) is 11.1 Å². The molecule has 0 bridgehead atoms. The summed E-state index contributed by atoms with van der Waals surface area (Å²) in [5, 5.41) is 0. The summed E-state index contributed by atoms with van der Waals surface area (Å²) < 4.78 is 92.3. The molecule has 0 unspecified atom stereocenters. The molecule has 0 amide bonds. The Kier molecular flexibility index (Phi) is 10.0. The molecule has 0 aliphatic carbocycles. The molecule has 0 fully saturated rings. The third kappa shape index (κ3) is 8.07. The first-order chi connectivity index (χ1) is 20.4. The lowest BCUT2D eigenvalue weighted by atomic mass is 9.99. The molecule has 0 saturated carbocycles. The first-order valence-electron chi connectivity index (χ1n) is 13.6. The van der Waals surface area contributed by atoms with Crippen LogP contribution in [-0.4, -0.2) is 30.5 Å². The monoisotopic (exact) mass is 602 g/mol. The van der Waals surface area contributed by atoms with Gasteiger partial charge in [-0.15, -0.1) is 0 Å². The fraction of sp³-hybridized carbons (Fsp3) is 0.303. The highest BCUT2D eigenvalue weighted by atomic mass is 19.4. The number of hydrogen-bond donors (Lipinski definition) is 0. The van der Waals surface area contributed by atoms with Crippen molar-refractivity contribution in [2.75, 3.05) is 13.7 Å². The maximum absolute atomic E-state index is 13.5. The molecule has 2 atom stereocenters. The van der Waals surface area contributed by atoms with E-state index in [9.17, 15) is 26.3 Å². The van der Waals surface area contributed by atoms with Gasteiger partial charge in [0.1, 0.15) is 24.2 Å². The molecule has 10 heteroatoms. The van der Waals surface area contributed by atoms with Crippen LogP contribution in [0.1, 0.15) is 47.7 Å². The van der Waals surface area contributed by atoms with Gasteiger partial charge < -0.3 is 14.4 Å². The van der Waals surface area contributed by atoms with Gasteiger partial charge in [0.25, 0.3) is 0 Å². The molecule has 1 heterocycles. The highest BCUT2D eigenvalue weighted by molar-refractivity contribution is 6.00. The number of alkyl halides is 6. The summed E-state index contributed by atoms with van der Waals surface area (Å²) in [5.74, 6) is 1.07. The summed E-state index contributed by atoms with van der Waals surface area (Å²) in [5.41, 5.74) is -1.45. The van der Waals surface area contributed by atoms with Gasteiger partial charge >= 0.3 is 12.4 Å². The number of aliphatic imine (C=N–C) groups is 1. The van der Waals surface area contributed by atoms with Crippen LogP contribution in [0.2, 0.25) is 0 Å². The fourth-order valence-electron chi connectivity index (χ4n) is 4.68. The highest BCUT2D eigenvalue weighted by Gasteiger charge is 2.37. The van der Waals surface area contributed by atoms with Crippen LogP contribution >= 0.6 is 0 Å². The van der Waals surface area contributed by atoms with Gasteiger partial charge in [0.15, 0.2) is 0 Å². The van der Waals surface area contributed by atoms with E-state index < -0.39 is 36.1 Å². The molecule has 1 aliphatic rings. The zero-order valence-corrected chi connectivity index (χ0v) is 23.9. The molecule has 3 aromatic carbocycles. The smallest absolute Gasteiger partial charge is 0.416 e. The summed E-state index contributed by atoms with van der Waals surface area (Å²) in [7, 11) is 1.60. The highest BCUT2D eigenvalue weighted by Crippen LogP contribution is 2.38. The SMILES string of the molecule is COC[C@@H](N=C(c1ccccc1)N1C=CC=C(OCc2cc(C(F)(F)F)cc(C(F)(F)F)c2)[C@H]1c1ccccc1)C(C)C. The number of ether oxygens (including phenoxy) is 2. The van der Waals surface area contributed by atoms with Crippen molar-refractivity contribution in [1.29, 1.82) is 0 Å². The summed E-state index contributed by atoms with van der Waals surface area (Å²) in [6.07, 6.45) is -4.72. The number of methoxy groups -OCH3 is 1. The Balaban J connectivity index is 1.76. The van der Waals surface area contributed by atoms with Gasteiger partial charge in [0.2, 0.25) is 0 Å². The molecule has 228 valence electrons. The Labute approximate surface area is 247 Å². The molecule has 0 aromatic heterocycles. The lowest BCUT2D eigenvalue weighted by molar-refractivity contribution is -0.143. The summed E-state index contributed by atoms with van der Waals surface area (Å²) in [4.78, 5) is 7.00. The zero-order chi connectivity index (χ0) is 31.2. The molecule has 0 N–H and O–H groups in total. The first kappa shape index (κ1) is 31.9. The van der Waals surface area contributed by atoms with Crippen molar-refractivity contribution < 1.29 is 35.8 Å². The largest absolute Gasteiger partial charge is 0.491 e. The number of allylic oxidation sites excluding steroid dienone is 2. The lowest BCUT2D eigenvalue weighted by Crippen LogP contribution is -2.36. The van der Waals surface area contributed by atoms with Gasteiger partial charge in [-0.3, -0.25) is 4.99 Å². The van der Waals surface area contributed by atoms with Gasteiger partial charge in [0, 0.05) is 18.9 Å². The number of amidine groups is 1. The van der Waals surface area contributed by atoms with Gasteiger partial charge in [-0.05, 0) is 47.4 Å². The van der Waals surface area contributed by atoms with Crippen molar-refractivity contribution in [3.63, 3.8) is 0 Å². The van der Waals surface area contributed by atoms with Crippen LogP contribution in [-0.2, 0) is 28.4 Å². The number of hydrogen-bond acceptors (Lipinski definition) is 3. The molecule has 4 rings (SSSR count). The molecule has 1 aliphatic heterocycles. The van der Waals surface area contributed by atoms with E-state index in [0.29, 0.717) is 30.3 Å². The zero-order valence-electron chi connectivity index (χ0n) is 23.9. The molecule has 4 nitrogen and oxygen atoms in total. The summed E-state index contributed by atoms with van der Waals surface area (Å²) >= 11 is 0. The Morgan fingerprint density at radius 2 is 1.44 bits per heavy atom. The van der Waals surface area contributed by atoms with Crippen molar-refractivity contribution in [3.8, 4) is 0 Å². The van der Waals surface area contributed by atoms with E-state index in [1.807, 2.05) is 85.6 Å². The van der Waals surface area contributed by atoms with E-state index in [1.54, 1.807) is 19.3 Å². The lowest BCUT2D eigenvalue weighted by Gasteiger charge is -2.36. The minimum Gasteiger partial charge on any atom is -0.491 e. The third-order valence-corrected chi connectivity index (χ3v) is 6.89. The molecule has 0 saturated heterocycles. The predicted octanol–water partition coefficient (Wildman–Crippen LogP) is 8.81. The maximum atomic E-state index is 13.5. The summed E-state index contributed by atoms with van der Waals surface area (Å²) in [6.45, 7) is 3.93. The molecular formula is C33H32F6N2O2. The quantitative estimate of drug-likeness (QED) is 0.139.